The number of aromatic carboxylic acids is 1. The Hall–Kier alpha value is -2.35. The molecule has 8 heteroatoms. The number of thiazole rings is 1. The molecule has 2 rings (SSSR count). The highest BCUT2D eigenvalue weighted by atomic mass is 32.1. The van der Waals surface area contributed by atoms with Crippen molar-refractivity contribution in [1.29, 1.82) is 0 Å². The molecule has 0 radical (unpaired) electrons. The monoisotopic (exact) mass is 267 g/mol. The van der Waals surface area contributed by atoms with Crippen LogP contribution in [-0.4, -0.2) is 22.0 Å². The Bertz CT molecular complexity index is 589. The van der Waals surface area contributed by atoms with Crippen molar-refractivity contribution in [2.75, 3.05) is 5.73 Å². The summed E-state index contributed by atoms with van der Waals surface area (Å²) in [5.41, 5.74) is 5.63. The molecule has 0 fully saturated rings. The van der Waals surface area contributed by atoms with E-state index in [1.807, 2.05) is 0 Å². The average Bonchev–Trinajstić information content (AvgIpc) is 2.94. The molecule has 18 heavy (non-hydrogen) atoms. The van der Waals surface area contributed by atoms with Gasteiger partial charge in [0.05, 0.1) is 6.54 Å². The zero-order chi connectivity index (χ0) is 13.1. The molecule has 7 nitrogen and oxygen atoms in total. The van der Waals surface area contributed by atoms with Gasteiger partial charge in [-0.1, -0.05) is 0 Å². The van der Waals surface area contributed by atoms with Crippen LogP contribution >= 0.6 is 11.3 Å². The number of nitrogen functional groups attached to an aromatic ring is 1. The molecule has 4 N–H and O–H groups in total. The van der Waals surface area contributed by atoms with Crippen molar-refractivity contribution in [2.45, 2.75) is 6.54 Å². The number of aromatic nitrogens is 1. The van der Waals surface area contributed by atoms with Gasteiger partial charge >= 0.3 is 5.97 Å². The summed E-state index contributed by atoms with van der Waals surface area (Å²) in [4.78, 5) is 26.0. The lowest BCUT2D eigenvalue weighted by molar-refractivity contribution is 0.0660. The molecule has 2 heterocycles. The number of rotatable bonds is 4. The third-order valence-electron chi connectivity index (χ3n) is 2.05. The number of amides is 1. The van der Waals surface area contributed by atoms with E-state index in [0.29, 0.717) is 10.9 Å². The minimum Gasteiger partial charge on any atom is -0.475 e. The lowest BCUT2D eigenvalue weighted by Gasteiger charge is -1.99. The minimum absolute atomic E-state index is 0.0868. The maximum absolute atomic E-state index is 11.6. The van der Waals surface area contributed by atoms with Crippen molar-refractivity contribution >= 4 is 28.3 Å². The van der Waals surface area contributed by atoms with Gasteiger partial charge in [0.1, 0.15) is 11.5 Å². The van der Waals surface area contributed by atoms with Gasteiger partial charge in [0.15, 0.2) is 5.13 Å². The molecule has 0 saturated heterocycles. The smallest absolute Gasteiger partial charge is 0.371 e. The zero-order valence-corrected chi connectivity index (χ0v) is 9.86. The highest BCUT2D eigenvalue weighted by Crippen LogP contribution is 2.11. The maximum Gasteiger partial charge on any atom is 0.371 e. The number of furan rings is 1. The molecule has 0 atom stereocenters. The van der Waals surface area contributed by atoms with Gasteiger partial charge in [-0.15, -0.1) is 11.3 Å². The first-order valence-corrected chi connectivity index (χ1v) is 5.75. The second-order valence-electron chi connectivity index (χ2n) is 3.32. The number of anilines is 1. The van der Waals surface area contributed by atoms with E-state index in [0.717, 1.165) is 0 Å². The Morgan fingerprint density at radius 2 is 2.28 bits per heavy atom. The average molecular weight is 267 g/mol. The summed E-state index contributed by atoms with van der Waals surface area (Å²) in [6.45, 7) is 0.0868. The van der Waals surface area contributed by atoms with Crippen LogP contribution in [0.1, 0.15) is 26.8 Å². The van der Waals surface area contributed by atoms with E-state index in [-0.39, 0.29) is 18.0 Å². The Kier molecular flexibility index (Phi) is 3.28. The molecule has 0 aliphatic rings. The summed E-state index contributed by atoms with van der Waals surface area (Å²) in [7, 11) is 0. The van der Waals surface area contributed by atoms with Gasteiger partial charge < -0.3 is 20.6 Å². The Labute approximate surface area is 105 Å². The third kappa shape index (κ3) is 2.66. The van der Waals surface area contributed by atoms with Crippen LogP contribution < -0.4 is 11.1 Å². The first-order chi connectivity index (χ1) is 8.56. The second-order valence-corrected chi connectivity index (χ2v) is 4.21. The molecule has 2 aromatic heterocycles. The SMILES string of the molecule is Nc1nc(C(=O)NCc2ccc(C(=O)O)o2)cs1. The summed E-state index contributed by atoms with van der Waals surface area (Å²) in [6, 6.07) is 2.81. The van der Waals surface area contributed by atoms with E-state index in [1.54, 1.807) is 0 Å². The zero-order valence-electron chi connectivity index (χ0n) is 9.04. The molecular formula is C10H9N3O4S. The number of nitrogens with one attached hydrogen (secondary N) is 1. The van der Waals surface area contributed by atoms with Gasteiger partial charge in [0, 0.05) is 5.38 Å². The molecule has 0 unspecified atom stereocenters. The van der Waals surface area contributed by atoms with Crippen LogP contribution in [0, 0.1) is 0 Å². The number of nitrogens with zero attached hydrogens (tertiary/aromatic N) is 1. The molecule has 0 aromatic carbocycles. The van der Waals surface area contributed by atoms with Crippen molar-refractivity contribution in [2.24, 2.45) is 0 Å². The number of hydrogen-bond acceptors (Lipinski definition) is 6. The van der Waals surface area contributed by atoms with Crippen molar-refractivity contribution in [3.63, 3.8) is 0 Å². The van der Waals surface area contributed by atoms with Crippen molar-refractivity contribution in [3.05, 3.63) is 34.7 Å². The second kappa shape index (κ2) is 4.88. The Balaban J connectivity index is 1.95. The van der Waals surface area contributed by atoms with E-state index < -0.39 is 11.9 Å². The van der Waals surface area contributed by atoms with Gasteiger partial charge in [-0.25, -0.2) is 9.78 Å². The van der Waals surface area contributed by atoms with Gasteiger partial charge in [0.25, 0.3) is 5.91 Å². The number of carbonyl (C=O) groups excluding carboxylic acids is 1. The fraction of sp³-hybridized carbons (Fsp3) is 0.100. The summed E-state index contributed by atoms with van der Waals surface area (Å²) in [5, 5.41) is 13.0. The van der Waals surface area contributed by atoms with Crippen molar-refractivity contribution in [3.8, 4) is 0 Å². The summed E-state index contributed by atoms with van der Waals surface area (Å²) < 4.78 is 4.98. The topological polar surface area (TPSA) is 118 Å². The Morgan fingerprint density at radius 3 is 2.83 bits per heavy atom. The molecule has 2 aromatic rings. The first kappa shape index (κ1) is 12.1. The van der Waals surface area contributed by atoms with E-state index >= 15 is 0 Å². The molecule has 94 valence electrons. The first-order valence-electron chi connectivity index (χ1n) is 4.87. The molecular weight excluding hydrogens is 258 g/mol. The van der Waals surface area contributed by atoms with Crippen molar-refractivity contribution < 1.29 is 19.1 Å². The third-order valence-corrected chi connectivity index (χ3v) is 2.72. The molecule has 0 spiro atoms. The lowest BCUT2D eigenvalue weighted by atomic mass is 10.4. The quantitative estimate of drug-likeness (QED) is 0.758. The number of carboxylic acids is 1. The van der Waals surface area contributed by atoms with Crippen LogP contribution in [-0.2, 0) is 6.54 Å². The van der Waals surface area contributed by atoms with Crippen LogP contribution in [0.25, 0.3) is 0 Å². The molecule has 0 aliphatic heterocycles. The van der Waals surface area contributed by atoms with Crippen LogP contribution in [0.2, 0.25) is 0 Å². The fourth-order valence-electron chi connectivity index (χ4n) is 1.24. The van der Waals surface area contributed by atoms with E-state index in [9.17, 15) is 9.59 Å². The fourth-order valence-corrected chi connectivity index (χ4v) is 1.78. The summed E-state index contributed by atoms with van der Waals surface area (Å²) in [5.74, 6) is -1.36. The largest absolute Gasteiger partial charge is 0.475 e. The van der Waals surface area contributed by atoms with E-state index in [1.165, 1.54) is 28.8 Å². The highest BCUT2D eigenvalue weighted by molar-refractivity contribution is 7.13. The number of carboxylic acid groups (broad SMARTS) is 1. The maximum atomic E-state index is 11.6. The summed E-state index contributed by atoms with van der Waals surface area (Å²) >= 11 is 1.17. The van der Waals surface area contributed by atoms with Crippen molar-refractivity contribution in [1.82, 2.24) is 10.3 Å². The van der Waals surface area contributed by atoms with E-state index in [2.05, 4.69) is 10.3 Å². The van der Waals surface area contributed by atoms with Crippen LogP contribution in [0.4, 0.5) is 5.13 Å². The van der Waals surface area contributed by atoms with Gasteiger partial charge in [0.2, 0.25) is 5.76 Å². The number of hydrogen-bond donors (Lipinski definition) is 3. The Morgan fingerprint density at radius 1 is 1.50 bits per heavy atom. The molecule has 1 amide bonds. The normalized spacial score (nSPS) is 10.2. The van der Waals surface area contributed by atoms with Crippen LogP contribution in [0.3, 0.4) is 0 Å². The predicted molar refractivity (Wildman–Crippen MR) is 63.4 cm³/mol. The highest BCUT2D eigenvalue weighted by Gasteiger charge is 2.12. The van der Waals surface area contributed by atoms with Gasteiger partial charge in [-0.3, -0.25) is 4.79 Å². The molecule has 0 aliphatic carbocycles. The van der Waals surface area contributed by atoms with Gasteiger partial charge in [-0.2, -0.15) is 0 Å². The standard InChI is InChI=1S/C10H9N3O4S/c11-10-13-6(4-18-10)8(14)12-3-5-1-2-7(17-5)9(15)16/h1-2,4H,3H2,(H2,11,13)(H,12,14)(H,15,16). The van der Waals surface area contributed by atoms with Crippen LogP contribution in [0.15, 0.2) is 21.9 Å². The molecule has 0 bridgehead atoms. The number of carbonyl (C=O) groups is 2. The van der Waals surface area contributed by atoms with Gasteiger partial charge in [-0.05, 0) is 12.1 Å². The lowest BCUT2D eigenvalue weighted by Crippen LogP contribution is -2.22. The minimum atomic E-state index is -1.15. The summed E-state index contributed by atoms with van der Waals surface area (Å²) in [6.07, 6.45) is 0. The van der Waals surface area contributed by atoms with Crippen LogP contribution in [0.5, 0.6) is 0 Å². The number of nitrogens with two attached hydrogens (primary N) is 1. The molecule has 0 saturated carbocycles. The van der Waals surface area contributed by atoms with E-state index in [4.69, 9.17) is 15.3 Å². The predicted octanol–water partition coefficient (Wildman–Crippen LogP) is 0.946.